The maximum absolute atomic E-state index is 12.7. The van der Waals surface area contributed by atoms with Crippen LogP contribution in [0.2, 0.25) is 0 Å². The van der Waals surface area contributed by atoms with E-state index in [1.165, 1.54) is 0 Å². The standard InChI is InChI=1S/C17H18N2O2/c1-21-15-11-13(18)7-8-14(15)19-16(20)17(9-10-17)12-5-3-2-4-6-12/h2-8,11H,9-10,18H2,1H3,(H,19,20). The van der Waals surface area contributed by atoms with E-state index < -0.39 is 5.41 Å². The van der Waals surface area contributed by atoms with Crippen molar-refractivity contribution in [2.45, 2.75) is 18.3 Å². The zero-order chi connectivity index (χ0) is 14.9. The predicted octanol–water partition coefficient (Wildman–Crippen LogP) is 2.95. The molecule has 0 aromatic heterocycles. The quantitative estimate of drug-likeness (QED) is 0.847. The Balaban J connectivity index is 1.84. The van der Waals surface area contributed by atoms with Crippen LogP contribution in [0.15, 0.2) is 48.5 Å². The lowest BCUT2D eigenvalue weighted by atomic mass is 9.95. The second-order valence-electron chi connectivity index (χ2n) is 5.36. The molecule has 2 aromatic carbocycles. The summed E-state index contributed by atoms with van der Waals surface area (Å²) < 4.78 is 5.27. The van der Waals surface area contributed by atoms with E-state index in [0.717, 1.165) is 18.4 Å². The minimum Gasteiger partial charge on any atom is -0.494 e. The Morgan fingerprint density at radius 2 is 1.90 bits per heavy atom. The van der Waals surface area contributed by atoms with Gasteiger partial charge in [-0.05, 0) is 30.5 Å². The molecular formula is C17H18N2O2. The van der Waals surface area contributed by atoms with Crippen LogP contribution in [0, 0.1) is 0 Å². The minimum atomic E-state index is -0.395. The monoisotopic (exact) mass is 282 g/mol. The number of methoxy groups -OCH3 is 1. The smallest absolute Gasteiger partial charge is 0.235 e. The van der Waals surface area contributed by atoms with E-state index in [4.69, 9.17) is 10.5 Å². The lowest BCUT2D eigenvalue weighted by molar-refractivity contribution is -0.118. The van der Waals surface area contributed by atoms with Crippen molar-refractivity contribution in [2.75, 3.05) is 18.2 Å². The number of nitrogens with two attached hydrogens (primary N) is 1. The molecule has 3 N–H and O–H groups in total. The number of carbonyl (C=O) groups is 1. The molecule has 0 spiro atoms. The maximum Gasteiger partial charge on any atom is 0.235 e. The average molecular weight is 282 g/mol. The Morgan fingerprint density at radius 1 is 1.19 bits per heavy atom. The number of amides is 1. The van der Waals surface area contributed by atoms with Gasteiger partial charge in [-0.15, -0.1) is 0 Å². The van der Waals surface area contributed by atoms with Crippen molar-refractivity contribution in [3.8, 4) is 5.75 Å². The van der Waals surface area contributed by atoms with Gasteiger partial charge in [0.1, 0.15) is 5.75 Å². The zero-order valence-corrected chi connectivity index (χ0v) is 11.9. The summed E-state index contributed by atoms with van der Waals surface area (Å²) in [5, 5.41) is 2.97. The van der Waals surface area contributed by atoms with Gasteiger partial charge in [-0.1, -0.05) is 30.3 Å². The number of rotatable bonds is 4. The summed E-state index contributed by atoms with van der Waals surface area (Å²) in [5.41, 5.74) is 7.66. The first-order valence-electron chi connectivity index (χ1n) is 6.96. The molecule has 0 radical (unpaired) electrons. The highest BCUT2D eigenvalue weighted by Crippen LogP contribution is 2.49. The molecule has 1 aliphatic rings. The first-order chi connectivity index (χ1) is 10.2. The van der Waals surface area contributed by atoms with E-state index in [1.807, 2.05) is 30.3 Å². The van der Waals surface area contributed by atoms with E-state index in [0.29, 0.717) is 17.1 Å². The molecule has 0 aliphatic heterocycles. The van der Waals surface area contributed by atoms with E-state index in [9.17, 15) is 4.79 Å². The Hall–Kier alpha value is -2.49. The van der Waals surface area contributed by atoms with Crippen molar-refractivity contribution in [1.29, 1.82) is 0 Å². The van der Waals surface area contributed by atoms with E-state index in [-0.39, 0.29) is 5.91 Å². The molecule has 0 saturated heterocycles. The van der Waals surface area contributed by atoms with Crippen LogP contribution in [0.5, 0.6) is 5.75 Å². The lowest BCUT2D eigenvalue weighted by Crippen LogP contribution is -2.27. The van der Waals surface area contributed by atoms with Crippen LogP contribution >= 0.6 is 0 Å². The number of ether oxygens (including phenoxy) is 1. The molecular weight excluding hydrogens is 264 g/mol. The molecule has 1 saturated carbocycles. The highest BCUT2D eigenvalue weighted by Gasteiger charge is 2.51. The predicted molar refractivity (Wildman–Crippen MR) is 83.4 cm³/mol. The fourth-order valence-electron chi connectivity index (χ4n) is 2.58. The van der Waals surface area contributed by atoms with Gasteiger partial charge in [0.2, 0.25) is 5.91 Å². The second kappa shape index (κ2) is 5.13. The molecule has 0 heterocycles. The fraction of sp³-hybridized carbons (Fsp3) is 0.235. The van der Waals surface area contributed by atoms with Crippen molar-refractivity contribution in [2.24, 2.45) is 0 Å². The number of benzene rings is 2. The first-order valence-corrected chi connectivity index (χ1v) is 6.96. The second-order valence-corrected chi connectivity index (χ2v) is 5.36. The van der Waals surface area contributed by atoms with Gasteiger partial charge in [-0.25, -0.2) is 0 Å². The molecule has 0 atom stereocenters. The van der Waals surface area contributed by atoms with Crippen molar-refractivity contribution < 1.29 is 9.53 Å². The van der Waals surface area contributed by atoms with E-state index in [1.54, 1.807) is 25.3 Å². The van der Waals surface area contributed by atoms with Crippen LogP contribution < -0.4 is 15.8 Å². The molecule has 1 aliphatic carbocycles. The van der Waals surface area contributed by atoms with Crippen molar-refractivity contribution in [3.05, 3.63) is 54.1 Å². The Morgan fingerprint density at radius 3 is 2.52 bits per heavy atom. The van der Waals surface area contributed by atoms with Gasteiger partial charge < -0.3 is 15.8 Å². The van der Waals surface area contributed by atoms with Crippen LogP contribution in [0.3, 0.4) is 0 Å². The molecule has 1 amide bonds. The SMILES string of the molecule is COc1cc(N)ccc1NC(=O)C1(c2ccccc2)CC1. The molecule has 2 aromatic rings. The third-order valence-electron chi connectivity index (χ3n) is 3.98. The third-order valence-corrected chi connectivity index (χ3v) is 3.98. The summed E-state index contributed by atoms with van der Waals surface area (Å²) in [6, 6.07) is 15.1. The van der Waals surface area contributed by atoms with Crippen molar-refractivity contribution >= 4 is 17.3 Å². The zero-order valence-electron chi connectivity index (χ0n) is 11.9. The minimum absolute atomic E-state index is 0.0109. The summed E-state index contributed by atoms with van der Waals surface area (Å²) in [7, 11) is 1.56. The molecule has 108 valence electrons. The van der Waals surface area contributed by atoms with Crippen molar-refractivity contribution in [1.82, 2.24) is 0 Å². The summed E-state index contributed by atoms with van der Waals surface area (Å²) >= 11 is 0. The van der Waals surface area contributed by atoms with Crippen LogP contribution in [0.1, 0.15) is 18.4 Å². The molecule has 21 heavy (non-hydrogen) atoms. The Bertz CT molecular complexity index is 664. The van der Waals surface area contributed by atoms with Gasteiger partial charge in [0.15, 0.2) is 0 Å². The Labute approximate surface area is 123 Å². The molecule has 3 rings (SSSR count). The number of hydrogen-bond acceptors (Lipinski definition) is 3. The van der Waals surface area contributed by atoms with Crippen LogP contribution in [-0.2, 0) is 10.2 Å². The van der Waals surface area contributed by atoms with Gasteiger partial charge in [0.05, 0.1) is 18.2 Å². The van der Waals surface area contributed by atoms with Crippen LogP contribution in [0.4, 0.5) is 11.4 Å². The number of nitrogen functional groups attached to an aromatic ring is 1. The van der Waals surface area contributed by atoms with Gasteiger partial charge >= 0.3 is 0 Å². The maximum atomic E-state index is 12.7. The summed E-state index contributed by atoms with van der Waals surface area (Å²) in [6.45, 7) is 0. The molecule has 0 bridgehead atoms. The van der Waals surface area contributed by atoms with Crippen LogP contribution in [0.25, 0.3) is 0 Å². The fourth-order valence-corrected chi connectivity index (χ4v) is 2.58. The summed E-state index contributed by atoms with van der Waals surface area (Å²) in [6.07, 6.45) is 1.75. The molecule has 1 fully saturated rings. The lowest BCUT2D eigenvalue weighted by Gasteiger charge is -2.17. The summed E-state index contributed by atoms with van der Waals surface area (Å²) in [4.78, 5) is 12.7. The normalized spacial score (nSPS) is 15.3. The van der Waals surface area contributed by atoms with Gasteiger partial charge in [-0.2, -0.15) is 0 Å². The molecule has 0 unspecified atom stereocenters. The average Bonchev–Trinajstić information content (AvgIpc) is 3.31. The molecule has 4 heteroatoms. The first kappa shape index (κ1) is 13.5. The number of nitrogens with one attached hydrogen (secondary N) is 1. The molecule has 4 nitrogen and oxygen atoms in total. The van der Waals surface area contributed by atoms with Gasteiger partial charge in [0, 0.05) is 11.8 Å². The topological polar surface area (TPSA) is 64.3 Å². The summed E-state index contributed by atoms with van der Waals surface area (Å²) in [5.74, 6) is 0.587. The van der Waals surface area contributed by atoms with E-state index in [2.05, 4.69) is 5.32 Å². The van der Waals surface area contributed by atoms with E-state index >= 15 is 0 Å². The van der Waals surface area contributed by atoms with Crippen molar-refractivity contribution in [3.63, 3.8) is 0 Å². The number of carbonyl (C=O) groups excluding carboxylic acids is 1. The highest BCUT2D eigenvalue weighted by molar-refractivity contribution is 6.02. The number of anilines is 2. The largest absolute Gasteiger partial charge is 0.494 e. The van der Waals surface area contributed by atoms with Gasteiger partial charge in [-0.3, -0.25) is 4.79 Å². The Kier molecular flexibility index (Phi) is 3.29. The van der Waals surface area contributed by atoms with Gasteiger partial charge in [0.25, 0.3) is 0 Å². The third kappa shape index (κ3) is 2.44. The van der Waals surface area contributed by atoms with Crippen LogP contribution in [-0.4, -0.2) is 13.0 Å². The number of hydrogen-bond donors (Lipinski definition) is 2. The highest BCUT2D eigenvalue weighted by atomic mass is 16.5.